The normalized spacial score (nSPS) is 16.4. The van der Waals surface area contributed by atoms with Crippen molar-refractivity contribution in [2.24, 2.45) is 0 Å². The molecule has 0 aliphatic carbocycles. The second kappa shape index (κ2) is 8.95. The van der Waals surface area contributed by atoms with E-state index >= 15 is 0 Å². The first kappa shape index (κ1) is 24.1. The molecule has 0 amide bonds. The standard InChI is InChI=1S/C10H11N.3CH4.2H3N/c1-10-6-2-4-8-11(10)9-5-3-7-10;;;;;/h2-9H,1H3;3*1H4;2*1H3. The molecule has 3 heteroatoms. The highest BCUT2D eigenvalue weighted by Gasteiger charge is 2.24. The molecule has 6 N–H and O–H groups in total. The van der Waals surface area contributed by atoms with Crippen LogP contribution >= 0.6 is 0 Å². The van der Waals surface area contributed by atoms with Crippen molar-refractivity contribution < 1.29 is 0 Å². The molecule has 0 aromatic heterocycles. The van der Waals surface area contributed by atoms with Gasteiger partial charge in [0.15, 0.2) is 0 Å². The fourth-order valence-corrected chi connectivity index (χ4v) is 1.38. The first-order valence-corrected chi connectivity index (χ1v) is 3.82. The monoisotopic (exact) mass is 227 g/mol. The van der Waals surface area contributed by atoms with Gasteiger partial charge in [-0.25, -0.2) is 0 Å². The van der Waals surface area contributed by atoms with E-state index in [0.29, 0.717) is 0 Å². The van der Waals surface area contributed by atoms with Crippen molar-refractivity contribution in [3.8, 4) is 0 Å². The van der Waals surface area contributed by atoms with Gasteiger partial charge in [-0.2, -0.15) is 0 Å². The van der Waals surface area contributed by atoms with Crippen LogP contribution in [-0.2, 0) is 0 Å². The van der Waals surface area contributed by atoms with Crippen molar-refractivity contribution in [1.29, 1.82) is 0 Å². The van der Waals surface area contributed by atoms with Crippen molar-refractivity contribution in [2.75, 3.05) is 0 Å². The molecule has 16 heavy (non-hydrogen) atoms. The summed E-state index contributed by atoms with van der Waals surface area (Å²) >= 11 is 0. The minimum atomic E-state index is 0. The molecule has 0 saturated heterocycles. The molecule has 0 aromatic rings. The molecule has 0 aromatic carbocycles. The van der Waals surface area contributed by atoms with Crippen molar-refractivity contribution >= 4 is 0 Å². The molecular weight excluding hydrogens is 198 g/mol. The highest BCUT2D eigenvalue weighted by Crippen LogP contribution is 2.25. The average molecular weight is 227 g/mol. The third kappa shape index (κ3) is 4.04. The Kier molecular flexibility index (Phi) is 13.5. The number of hydrogen-bond donors (Lipinski definition) is 2. The zero-order valence-corrected chi connectivity index (χ0v) is 7.98. The zero-order chi connectivity index (χ0) is 7.73. The molecule has 0 bridgehead atoms. The molecule has 0 spiro atoms. The predicted octanol–water partition coefficient (Wildman–Crippen LogP) is 4.45. The Morgan fingerprint density at radius 3 is 1.44 bits per heavy atom. The Morgan fingerprint density at radius 1 is 0.750 bits per heavy atom. The van der Waals surface area contributed by atoms with E-state index in [0.717, 1.165) is 0 Å². The van der Waals surface area contributed by atoms with E-state index < -0.39 is 0 Å². The van der Waals surface area contributed by atoms with E-state index in [9.17, 15) is 0 Å². The summed E-state index contributed by atoms with van der Waals surface area (Å²) in [6, 6.07) is 0. The van der Waals surface area contributed by atoms with E-state index in [2.05, 4.69) is 48.5 Å². The molecule has 0 atom stereocenters. The van der Waals surface area contributed by atoms with Crippen LogP contribution in [0.15, 0.2) is 48.9 Å². The van der Waals surface area contributed by atoms with Crippen molar-refractivity contribution in [3.63, 3.8) is 0 Å². The second-order valence-corrected chi connectivity index (χ2v) is 3.03. The number of nitrogens with zero attached hydrogens (tertiary/aromatic N) is 1. The van der Waals surface area contributed by atoms with Crippen LogP contribution in [0.25, 0.3) is 0 Å². The summed E-state index contributed by atoms with van der Waals surface area (Å²) in [7, 11) is 0. The zero-order valence-electron chi connectivity index (χ0n) is 7.98. The lowest BCUT2D eigenvalue weighted by atomic mass is 9.95. The maximum atomic E-state index is 2.19. The number of fused-ring (bicyclic) bond motifs is 1. The van der Waals surface area contributed by atoms with Gasteiger partial charge in [0.2, 0.25) is 0 Å². The largest absolute Gasteiger partial charge is 0.344 e. The quantitative estimate of drug-likeness (QED) is 0.642. The summed E-state index contributed by atoms with van der Waals surface area (Å²) in [5.41, 5.74) is 0.0729. The van der Waals surface area contributed by atoms with Crippen LogP contribution < -0.4 is 12.3 Å². The van der Waals surface area contributed by atoms with E-state index in [1.165, 1.54) is 0 Å². The fraction of sp³-hybridized carbons (Fsp3) is 0.385. The Balaban J connectivity index is -0.000000144. The molecule has 2 rings (SSSR count). The van der Waals surface area contributed by atoms with Crippen LogP contribution in [0.1, 0.15) is 29.2 Å². The van der Waals surface area contributed by atoms with Gasteiger partial charge in [0, 0.05) is 12.4 Å². The second-order valence-electron chi connectivity index (χ2n) is 3.03. The Bertz CT molecular complexity index is 251. The van der Waals surface area contributed by atoms with Gasteiger partial charge in [-0.15, -0.1) is 0 Å². The third-order valence-corrected chi connectivity index (χ3v) is 2.14. The minimum absolute atomic E-state index is 0. The number of hydrogen-bond acceptors (Lipinski definition) is 3. The van der Waals surface area contributed by atoms with E-state index in [1.807, 2.05) is 12.2 Å². The topological polar surface area (TPSA) is 73.2 Å². The van der Waals surface area contributed by atoms with Crippen molar-refractivity contribution in [3.05, 3.63) is 48.9 Å². The number of rotatable bonds is 0. The summed E-state index contributed by atoms with van der Waals surface area (Å²) < 4.78 is 0. The van der Waals surface area contributed by atoms with Gasteiger partial charge in [-0.05, 0) is 19.1 Å². The molecule has 0 radical (unpaired) electrons. The van der Waals surface area contributed by atoms with Gasteiger partial charge in [0.05, 0.1) is 5.54 Å². The highest BCUT2D eigenvalue weighted by molar-refractivity contribution is 5.32. The summed E-state index contributed by atoms with van der Waals surface area (Å²) in [6.07, 6.45) is 16.8. The van der Waals surface area contributed by atoms with E-state index in [1.54, 1.807) is 0 Å². The summed E-state index contributed by atoms with van der Waals surface area (Å²) in [4.78, 5) is 2.19. The van der Waals surface area contributed by atoms with E-state index in [-0.39, 0.29) is 40.1 Å². The third-order valence-electron chi connectivity index (χ3n) is 2.14. The van der Waals surface area contributed by atoms with Gasteiger partial charge < -0.3 is 17.2 Å². The SMILES string of the molecule is C.C.C.CC12C=CC=CN1C=CC=C2.N.N. The highest BCUT2D eigenvalue weighted by atomic mass is 15.2. The molecule has 2 heterocycles. The number of allylic oxidation sites excluding steroid dienone is 4. The summed E-state index contributed by atoms with van der Waals surface area (Å²) in [6.45, 7) is 2.19. The Hall–Kier alpha value is -1.32. The van der Waals surface area contributed by atoms with Crippen LogP contribution in [0.4, 0.5) is 0 Å². The van der Waals surface area contributed by atoms with Gasteiger partial charge >= 0.3 is 0 Å². The van der Waals surface area contributed by atoms with Crippen molar-refractivity contribution in [2.45, 2.75) is 34.7 Å². The first-order chi connectivity index (χ1) is 5.31. The maximum absolute atomic E-state index is 2.19. The molecule has 2 aliphatic heterocycles. The lowest BCUT2D eigenvalue weighted by molar-refractivity contribution is 0.350. The molecule has 0 unspecified atom stereocenters. The molecule has 2 aliphatic rings. The Morgan fingerprint density at radius 2 is 1.12 bits per heavy atom. The van der Waals surface area contributed by atoms with Crippen molar-refractivity contribution in [1.82, 2.24) is 17.2 Å². The van der Waals surface area contributed by atoms with Crippen LogP contribution in [0.5, 0.6) is 0 Å². The lowest BCUT2D eigenvalue weighted by Crippen LogP contribution is -2.38. The van der Waals surface area contributed by atoms with Gasteiger partial charge in [0.25, 0.3) is 0 Å². The molecule has 96 valence electrons. The summed E-state index contributed by atoms with van der Waals surface area (Å²) in [5, 5.41) is 0. The van der Waals surface area contributed by atoms with Gasteiger partial charge in [-0.1, -0.05) is 46.6 Å². The molecular formula is C13H29N3. The van der Waals surface area contributed by atoms with Gasteiger partial charge in [0.1, 0.15) is 0 Å². The Labute approximate surface area is 101 Å². The van der Waals surface area contributed by atoms with E-state index in [4.69, 9.17) is 0 Å². The molecule has 0 saturated carbocycles. The fourth-order valence-electron chi connectivity index (χ4n) is 1.38. The minimum Gasteiger partial charge on any atom is -0.344 e. The smallest absolute Gasteiger partial charge is 0.0783 e. The van der Waals surface area contributed by atoms with Crippen LogP contribution in [-0.4, -0.2) is 10.4 Å². The average Bonchev–Trinajstić information content (AvgIpc) is 2.03. The molecule has 0 fully saturated rings. The van der Waals surface area contributed by atoms with Crippen LogP contribution in [0.2, 0.25) is 0 Å². The first-order valence-electron chi connectivity index (χ1n) is 3.82. The lowest BCUT2D eigenvalue weighted by Gasteiger charge is -2.37. The summed E-state index contributed by atoms with van der Waals surface area (Å²) in [5.74, 6) is 0. The predicted molar refractivity (Wildman–Crippen MR) is 77.0 cm³/mol. The van der Waals surface area contributed by atoms with Gasteiger partial charge in [-0.3, -0.25) is 0 Å². The maximum Gasteiger partial charge on any atom is 0.0783 e. The molecule has 3 nitrogen and oxygen atoms in total. The van der Waals surface area contributed by atoms with Crippen LogP contribution in [0, 0.1) is 0 Å². The van der Waals surface area contributed by atoms with Crippen LogP contribution in [0.3, 0.4) is 0 Å².